The van der Waals surface area contributed by atoms with Crippen molar-refractivity contribution in [2.45, 2.75) is 6.54 Å². The number of aromatic nitrogens is 2. The summed E-state index contributed by atoms with van der Waals surface area (Å²) >= 11 is 11.3. The lowest BCUT2D eigenvalue weighted by Crippen LogP contribution is -2.24. The Balaban J connectivity index is 0.00000288. The Morgan fingerprint density at radius 1 is 1.42 bits per heavy atom. The monoisotopic (exact) mass is 389 g/mol. The molecule has 0 spiro atoms. The number of nitrogens with zero attached hydrogens (tertiary/aromatic N) is 2. The largest absolute Gasteiger partial charge is 0.496 e. The highest BCUT2D eigenvalue weighted by Gasteiger charge is 2.12. The van der Waals surface area contributed by atoms with Crippen LogP contribution in [0.3, 0.4) is 0 Å². The minimum absolute atomic E-state index is 0. The third kappa shape index (κ3) is 4.73. The number of ether oxygens (including phenoxy) is 1. The van der Waals surface area contributed by atoms with Crippen LogP contribution in [-0.2, 0) is 6.54 Å². The first-order chi connectivity index (χ1) is 10.9. The Morgan fingerprint density at radius 3 is 2.75 bits per heavy atom. The quantitative estimate of drug-likeness (QED) is 0.410. The highest BCUT2D eigenvalue weighted by atomic mass is 35.5. The van der Waals surface area contributed by atoms with Crippen LogP contribution in [0, 0.1) is 4.77 Å². The molecule has 10 heteroatoms. The van der Waals surface area contributed by atoms with Gasteiger partial charge in [0.1, 0.15) is 5.75 Å². The zero-order valence-electron chi connectivity index (χ0n) is 12.8. The minimum atomic E-state index is -0.315. The molecule has 0 radical (unpaired) electrons. The van der Waals surface area contributed by atoms with Crippen LogP contribution in [0.25, 0.3) is 11.3 Å². The van der Waals surface area contributed by atoms with E-state index in [9.17, 15) is 4.79 Å². The van der Waals surface area contributed by atoms with Crippen molar-refractivity contribution in [3.05, 3.63) is 44.4 Å². The number of benzene rings is 1. The summed E-state index contributed by atoms with van der Waals surface area (Å²) in [4.78, 5) is 18.3. The molecule has 0 aliphatic rings. The highest BCUT2D eigenvalue weighted by Crippen LogP contribution is 2.31. The van der Waals surface area contributed by atoms with Crippen molar-refractivity contribution in [3.63, 3.8) is 0 Å². The summed E-state index contributed by atoms with van der Waals surface area (Å²) in [5.74, 6) is 0.563. The van der Waals surface area contributed by atoms with Crippen molar-refractivity contribution < 1.29 is 4.74 Å². The predicted octanol–water partition coefficient (Wildman–Crippen LogP) is 1.93. The molecule has 7 nitrogen and oxygen atoms in total. The van der Waals surface area contributed by atoms with Gasteiger partial charge < -0.3 is 20.8 Å². The second-order valence-electron chi connectivity index (χ2n) is 4.63. The molecule has 0 amide bonds. The zero-order chi connectivity index (χ0) is 17.0. The summed E-state index contributed by atoms with van der Waals surface area (Å²) < 4.78 is 7.33. The van der Waals surface area contributed by atoms with Gasteiger partial charge in [0.2, 0.25) is 0 Å². The normalized spacial score (nSPS) is 9.92. The number of rotatable bonds is 5. The van der Waals surface area contributed by atoms with E-state index >= 15 is 0 Å². The number of hydrogen-bond donors (Lipinski definition) is 3. The third-order valence-electron chi connectivity index (χ3n) is 3.09. The second kappa shape index (κ2) is 8.72. The number of nitrogens with one attached hydrogen (secondary N) is 1. The summed E-state index contributed by atoms with van der Waals surface area (Å²) in [5, 5.41) is 0.516. The maximum Gasteiger partial charge on any atom is 0.252 e. The molecule has 130 valence electrons. The van der Waals surface area contributed by atoms with E-state index in [1.807, 2.05) is 0 Å². The van der Waals surface area contributed by atoms with Gasteiger partial charge in [-0.15, -0.1) is 12.4 Å². The van der Waals surface area contributed by atoms with E-state index in [4.69, 9.17) is 40.0 Å². The summed E-state index contributed by atoms with van der Waals surface area (Å²) in [6, 6.07) is 6.57. The standard InChI is InChI=1S/C14H16ClN5O2S.ClH/c1-22-11-3-2-8(15)6-9(11)10-7-12(21)19-14(23)20(10)5-4-18-13(16)17;/h2-3,6-7H,4-5H2,1H3,(H4,16,17,18)(H,19,21,23);1H. The maximum absolute atomic E-state index is 11.8. The van der Waals surface area contributed by atoms with Crippen molar-refractivity contribution in [2.24, 2.45) is 16.5 Å². The summed E-state index contributed by atoms with van der Waals surface area (Å²) in [7, 11) is 1.54. The van der Waals surface area contributed by atoms with Crippen LogP contribution < -0.4 is 21.8 Å². The number of guanidine groups is 1. The summed E-state index contributed by atoms with van der Waals surface area (Å²) in [5.41, 5.74) is 11.6. The third-order valence-corrected chi connectivity index (χ3v) is 3.65. The fourth-order valence-corrected chi connectivity index (χ4v) is 2.59. The molecule has 0 saturated heterocycles. The number of aliphatic imine (C=N–C) groups is 1. The molecule has 0 atom stereocenters. The molecule has 1 aromatic heterocycles. The molecular formula is C14H17Cl2N5O2S. The molecule has 0 fully saturated rings. The molecule has 5 N–H and O–H groups in total. The van der Waals surface area contributed by atoms with Gasteiger partial charge in [-0.3, -0.25) is 14.8 Å². The number of methoxy groups -OCH3 is 1. The van der Waals surface area contributed by atoms with Crippen LogP contribution in [0.4, 0.5) is 0 Å². The number of H-pyrrole nitrogens is 1. The second-order valence-corrected chi connectivity index (χ2v) is 5.45. The topological polar surface area (TPSA) is 111 Å². The Kier molecular flexibility index (Phi) is 7.27. The molecule has 2 rings (SSSR count). The smallest absolute Gasteiger partial charge is 0.252 e. The summed E-state index contributed by atoms with van der Waals surface area (Å²) in [6.07, 6.45) is 0. The number of halogens is 2. The lowest BCUT2D eigenvalue weighted by molar-refractivity contribution is 0.416. The van der Waals surface area contributed by atoms with Crippen molar-refractivity contribution in [1.82, 2.24) is 9.55 Å². The lowest BCUT2D eigenvalue weighted by Gasteiger charge is -2.15. The number of aromatic amines is 1. The van der Waals surface area contributed by atoms with Gasteiger partial charge in [0.25, 0.3) is 5.56 Å². The van der Waals surface area contributed by atoms with E-state index in [-0.39, 0.29) is 28.7 Å². The van der Waals surface area contributed by atoms with Gasteiger partial charge in [0.05, 0.1) is 19.3 Å². The van der Waals surface area contributed by atoms with Gasteiger partial charge in [0, 0.05) is 23.2 Å². The van der Waals surface area contributed by atoms with E-state index in [1.54, 1.807) is 22.8 Å². The highest BCUT2D eigenvalue weighted by molar-refractivity contribution is 7.71. The maximum atomic E-state index is 11.8. The van der Waals surface area contributed by atoms with Gasteiger partial charge >= 0.3 is 0 Å². The molecular weight excluding hydrogens is 373 g/mol. The Labute approximate surface area is 154 Å². The van der Waals surface area contributed by atoms with Crippen LogP contribution in [0.5, 0.6) is 5.75 Å². The molecule has 0 unspecified atom stereocenters. The van der Waals surface area contributed by atoms with Gasteiger partial charge in [0.15, 0.2) is 10.7 Å². The van der Waals surface area contributed by atoms with E-state index in [2.05, 4.69) is 9.98 Å². The molecule has 0 aliphatic carbocycles. The van der Waals surface area contributed by atoms with Gasteiger partial charge in [-0.2, -0.15) is 0 Å². The molecule has 24 heavy (non-hydrogen) atoms. The molecule has 0 saturated carbocycles. The van der Waals surface area contributed by atoms with Crippen LogP contribution in [0.15, 0.2) is 34.1 Å². The van der Waals surface area contributed by atoms with Crippen molar-refractivity contribution in [2.75, 3.05) is 13.7 Å². The summed E-state index contributed by atoms with van der Waals surface area (Å²) in [6.45, 7) is 0.705. The fourth-order valence-electron chi connectivity index (χ4n) is 2.13. The predicted molar refractivity (Wildman–Crippen MR) is 101 cm³/mol. The first kappa shape index (κ1) is 20.0. The van der Waals surface area contributed by atoms with Crippen LogP contribution >= 0.6 is 36.2 Å². The average molecular weight is 390 g/mol. The van der Waals surface area contributed by atoms with E-state index < -0.39 is 0 Å². The van der Waals surface area contributed by atoms with E-state index in [1.165, 1.54) is 13.2 Å². The van der Waals surface area contributed by atoms with Crippen LogP contribution in [0.2, 0.25) is 5.02 Å². The van der Waals surface area contributed by atoms with Gasteiger partial charge in [-0.05, 0) is 30.4 Å². The Hall–Kier alpha value is -2.03. The molecule has 1 aromatic carbocycles. The van der Waals surface area contributed by atoms with Crippen LogP contribution in [0.1, 0.15) is 0 Å². The first-order valence-electron chi connectivity index (χ1n) is 6.66. The van der Waals surface area contributed by atoms with Gasteiger partial charge in [-0.1, -0.05) is 11.6 Å². The minimum Gasteiger partial charge on any atom is -0.496 e. The van der Waals surface area contributed by atoms with Crippen molar-refractivity contribution in [3.8, 4) is 17.0 Å². The van der Waals surface area contributed by atoms with Crippen molar-refractivity contribution >= 4 is 42.2 Å². The van der Waals surface area contributed by atoms with E-state index in [0.29, 0.717) is 35.1 Å². The molecule has 0 bridgehead atoms. The van der Waals surface area contributed by atoms with Gasteiger partial charge in [-0.25, -0.2) is 0 Å². The SMILES string of the molecule is COc1ccc(Cl)cc1-c1cc(=O)[nH]c(=S)n1CCN=C(N)N.Cl. The Morgan fingerprint density at radius 2 is 2.12 bits per heavy atom. The molecule has 1 heterocycles. The molecule has 2 aromatic rings. The first-order valence-corrected chi connectivity index (χ1v) is 7.44. The lowest BCUT2D eigenvalue weighted by atomic mass is 10.1. The fraction of sp³-hybridized carbons (Fsp3) is 0.214. The molecule has 0 aliphatic heterocycles. The number of nitrogens with two attached hydrogens (primary N) is 2. The van der Waals surface area contributed by atoms with Crippen LogP contribution in [-0.4, -0.2) is 29.2 Å². The zero-order valence-corrected chi connectivity index (χ0v) is 15.2. The number of hydrogen-bond acceptors (Lipinski definition) is 4. The van der Waals surface area contributed by atoms with Crippen molar-refractivity contribution in [1.29, 1.82) is 0 Å². The van der Waals surface area contributed by atoms with E-state index in [0.717, 1.165) is 0 Å². The Bertz CT molecular complexity index is 859. The average Bonchev–Trinajstić information content (AvgIpc) is 2.48.